The molecule has 13 rings (SSSR count). The number of aryl methyl sites for hydroxylation is 1. The van der Waals surface area contributed by atoms with Gasteiger partial charge in [0, 0.05) is 51.1 Å². The Hall–Kier alpha value is -7.56. The standard InChI is InChI=1S/C78H82BN3/c1-50-31-32-52(51-25-19-16-20-26-51)42-67(50)82-68-46-58(80(56-27-21-17-22-28-56)57-29-23-18-24-30-57)35-37-64(68)79-65-47-62-63(78(14,15)49-77(62,12)13)48-69(65)81(70-44-55(74(5,6)7)45-71(82)72(70)79)66-38-34-54(73(2,3)4)43-59(66)53-33-36-60-61(41-53)76(10,11)40-39-75(60,8)9/h16-38,41-48H,39-40,49H2,1-15H3. The minimum atomic E-state index is -0.196. The smallest absolute Gasteiger partial charge is 0.252 e. The van der Waals surface area contributed by atoms with Crippen molar-refractivity contribution in [3.63, 3.8) is 0 Å². The summed E-state index contributed by atoms with van der Waals surface area (Å²) >= 11 is 0. The van der Waals surface area contributed by atoms with Gasteiger partial charge in [0.25, 0.3) is 6.71 Å². The van der Waals surface area contributed by atoms with Gasteiger partial charge in [-0.1, -0.05) is 212 Å². The molecule has 0 bridgehead atoms. The predicted octanol–water partition coefficient (Wildman–Crippen LogP) is 19.8. The Morgan fingerprint density at radius 3 is 1.52 bits per heavy atom. The zero-order valence-electron chi connectivity index (χ0n) is 51.4. The van der Waals surface area contributed by atoms with Crippen LogP contribution in [0.3, 0.4) is 0 Å². The maximum absolute atomic E-state index is 2.75. The summed E-state index contributed by atoms with van der Waals surface area (Å²) < 4.78 is 0. The van der Waals surface area contributed by atoms with E-state index < -0.39 is 0 Å². The Balaban J connectivity index is 1.16. The molecule has 0 amide bonds. The Morgan fingerprint density at radius 1 is 0.378 bits per heavy atom. The third-order valence-electron chi connectivity index (χ3n) is 19.5. The van der Waals surface area contributed by atoms with E-state index in [2.05, 4.69) is 307 Å². The van der Waals surface area contributed by atoms with Crippen molar-refractivity contribution in [2.24, 2.45) is 0 Å². The minimum absolute atomic E-state index is 0.0185. The average Bonchev–Trinajstić information content (AvgIpc) is 1.19. The summed E-state index contributed by atoms with van der Waals surface area (Å²) in [4.78, 5) is 7.84. The molecular weight excluding hydrogens is 990 g/mol. The molecule has 0 radical (unpaired) electrons. The van der Waals surface area contributed by atoms with Gasteiger partial charge in [-0.25, -0.2) is 0 Å². The summed E-state index contributed by atoms with van der Waals surface area (Å²) in [7, 11) is 0. The average molecular weight is 1070 g/mol. The molecule has 2 aliphatic carbocycles. The van der Waals surface area contributed by atoms with E-state index in [0.717, 1.165) is 23.5 Å². The summed E-state index contributed by atoms with van der Waals surface area (Å²) in [6.45, 7) is 36.3. The van der Waals surface area contributed by atoms with Gasteiger partial charge in [-0.3, -0.25) is 0 Å². The number of benzene rings is 9. The summed E-state index contributed by atoms with van der Waals surface area (Å²) in [5, 5.41) is 0. The van der Waals surface area contributed by atoms with Crippen molar-refractivity contribution in [3.05, 3.63) is 227 Å². The van der Waals surface area contributed by atoms with Crippen molar-refractivity contribution in [2.75, 3.05) is 14.7 Å². The molecule has 82 heavy (non-hydrogen) atoms. The fourth-order valence-corrected chi connectivity index (χ4v) is 15.0. The van der Waals surface area contributed by atoms with E-state index >= 15 is 0 Å². The molecule has 4 heteroatoms. The molecule has 9 aromatic rings. The summed E-state index contributed by atoms with van der Waals surface area (Å²) in [5.74, 6) is 0. The third kappa shape index (κ3) is 8.76. The van der Waals surface area contributed by atoms with E-state index in [4.69, 9.17) is 0 Å². The van der Waals surface area contributed by atoms with Crippen molar-refractivity contribution in [1.29, 1.82) is 0 Å². The van der Waals surface area contributed by atoms with Crippen LogP contribution in [-0.4, -0.2) is 6.71 Å². The summed E-state index contributed by atoms with van der Waals surface area (Å²) in [5.41, 5.74) is 29.4. The summed E-state index contributed by atoms with van der Waals surface area (Å²) in [6, 6.07) is 72.7. The molecule has 9 aromatic carbocycles. The molecule has 412 valence electrons. The fraction of sp³-hybridized carbons (Fsp3) is 0.308. The first-order chi connectivity index (χ1) is 38.8. The summed E-state index contributed by atoms with van der Waals surface area (Å²) in [6.07, 6.45) is 3.44. The van der Waals surface area contributed by atoms with E-state index in [-0.39, 0.29) is 39.2 Å². The van der Waals surface area contributed by atoms with Gasteiger partial charge in [0.2, 0.25) is 0 Å². The number of nitrogens with zero attached hydrogens (tertiary/aromatic N) is 3. The van der Waals surface area contributed by atoms with Gasteiger partial charge in [0.15, 0.2) is 0 Å². The molecule has 0 fully saturated rings. The van der Waals surface area contributed by atoms with Gasteiger partial charge >= 0.3 is 0 Å². The van der Waals surface area contributed by atoms with E-state index in [9.17, 15) is 0 Å². The van der Waals surface area contributed by atoms with Gasteiger partial charge in [-0.2, -0.15) is 0 Å². The Labute approximate surface area is 491 Å². The topological polar surface area (TPSA) is 9.72 Å². The first kappa shape index (κ1) is 53.7. The second-order valence-electron chi connectivity index (χ2n) is 29.3. The Bertz CT molecular complexity index is 3960. The SMILES string of the molecule is Cc1ccc(-c2ccccc2)cc1N1c2cc(N(c3ccccc3)c3ccccc3)ccc2B2c3cc4c(cc3N(c3ccc(C(C)(C)C)cc3-c3ccc5c(c3)C(C)(C)CCC5(C)C)c3cc(C(C)(C)C)cc1c32)C(C)(C)CC4(C)C. The van der Waals surface area contributed by atoms with Gasteiger partial charge in [-0.05, 0) is 203 Å². The molecule has 0 aromatic heterocycles. The molecule has 2 heterocycles. The molecule has 0 saturated heterocycles. The van der Waals surface area contributed by atoms with Crippen LogP contribution in [0.4, 0.5) is 51.2 Å². The lowest BCUT2D eigenvalue weighted by molar-refractivity contribution is 0.332. The lowest BCUT2D eigenvalue weighted by atomic mass is 9.33. The van der Waals surface area contributed by atoms with E-state index in [1.165, 1.54) is 125 Å². The maximum Gasteiger partial charge on any atom is 0.252 e. The monoisotopic (exact) mass is 1070 g/mol. The fourth-order valence-electron chi connectivity index (χ4n) is 15.0. The number of fused-ring (bicyclic) bond motifs is 6. The molecule has 0 N–H and O–H groups in total. The molecule has 0 atom stereocenters. The highest BCUT2D eigenvalue weighted by molar-refractivity contribution is 7.00. The molecule has 0 spiro atoms. The van der Waals surface area contributed by atoms with Crippen molar-refractivity contribution >= 4 is 74.3 Å². The predicted molar refractivity (Wildman–Crippen MR) is 354 cm³/mol. The molecule has 4 aliphatic rings. The lowest BCUT2D eigenvalue weighted by Crippen LogP contribution is -2.61. The molecule has 2 aliphatic heterocycles. The first-order valence-corrected chi connectivity index (χ1v) is 30.3. The van der Waals surface area contributed by atoms with Crippen molar-refractivity contribution in [3.8, 4) is 22.3 Å². The quantitative estimate of drug-likeness (QED) is 0.147. The van der Waals surface area contributed by atoms with Crippen LogP contribution in [0, 0.1) is 6.92 Å². The zero-order valence-corrected chi connectivity index (χ0v) is 51.4. The van der Waals surface area contributed by atoms with Gasteiger partial charge < -0.3 is 14.7 Å². The highest BCUT2D eigenvalue weighted by atomic mass is 15.2. The largest absolute Gasteiger partial charge is 0.311 e. The molecule has 0 unspecified atom stereocenters. The van der Waals surface area contributed by atoms with E-state index in [1.807, 2.05) is 0 Å². The number of rotatable bonds is 7. The second kappa shape index (κ2) is 18.7. The van der Waals surface area contributed by atoms with Crippen LogP contribution in [0.15, 0.2) is 188 Å². The van der Waals surface area contributed by atoms with Crippen molar-refractivity contribution < 1.29 is 0 Å². The number of anilines is 9. The Kier molecular flexibility index (Phi) is 12.3. The van der Waals surface area contributed by atoms with Gasteiger partial charge in [-0.15, -0.1) is 0 Å². The lowest BCUT2D eigenvalue weighted by Gasteiger charge is -2.46. The Morgan fingerprint density at radius 2 is 0.915 bits per heavy atom. The van der Waals surface area contributed by atoms with Crippen LogP contribution in [-0.2, 0) is 32.5 Å². The normalized spacial score (nSPS) is 16.9. The van der Waals surface area contributed by atoms with Gasteiger partial charge in [0.1, 0.15) is 0 Å². The van der Waals surface area contributed by atoms with Crippen LogP contribution < -0.4 is 31.1 Å². The second-order valence-corrected chi connectivity index (χ2v) is 29.3. The van der Waals surface area contributed by atoms with Crippen molar-refractivity contribution in [2.45, 2.75) is 156 Å². The van der Waals surface area contributed by atoms with Crippen LogP contribution in [0.2, 0.25) is 0 Å². The van der Waals surface area contributed by atoms with Crippen LogP contribution in [0.5, 0.6) is 0 Å². The minimum Gasteiger partial charge on any atom is -0.311 e. The highest BCUT2D eigenvalue weighted by Crippen LogP contribution is 2.56. The van der Waals surface area contributed by atoms with Crippen LogP contribution in [0.1, 0.15) is 155 Å². The third-order valence-corrected chi connectivity index (χ3v) is 19.5. The van der Waals surface area contributed by atoms with E-state index in [1.54, 1.807) is 0 Å². The highest BCUT2D eigenvalue weighted by Gasteiger charge is 2.49. The molecule has 0 saturated carbocycles. The number of para-hydroxylation sites is 2. The first-order valence-electron chi connectivity index (χ1n) is 30.3. The van der Waals surface area contributed by atoms with Crippen LogP contribution in [0.25, 0.3) is 22.3 Å². The number of hydrogen-bond acceptors (Lipinski definition) is 3. The van der Waals surface area contributed by atoms with E-state index in [0.29, 0.717) is 0 Å². The molecule has 3 nitrogen and oxygen atoms in total. The van der Waals surface area contributed by atoms with Crippen LogP contribution >= 0.6 is 0 Å². The maximum atomic E-state index is 2.75. The van der Waals surface area contributed by atoms with Gasteiger partial charge in [0.05, 0.1) is 5.69 Å². The zero-order chi connectivity index (χ0) is 57.6. The molecular formula is C78H82BN3. The number of hydrogen-bond donors (Lipinski definition) is 0. The van der Waals surface area contributed by atoms with Crippen molar-refractivity contribution in [1.82, 2.24) is 0 Å².